The first-order chi connectivity index (χ1) is 15.6. The van der Waals surface area contributed by atoms with Gasteiger partial charge in [-0.1, -0.05) is 18.2 Å². The van der Waals surface area contributed by atoms with E-state index in [1.54, 1.807) is 30.1 Å². The van der Waals surface area contributed by atoms with E-state index in [0.29, 0.717) is 5.16 Å². The van der Waals surface area contributed by atoms with Gasteiger partial charge in [-0.05, 0) is 41.6 Å². The molecule has 0 aliphatic rings. The summed E-state index contributed by atoms with van der Waals surface area (Å²) in [5.74, 6) is -1.08. The van der Waals surface area contributed by atoms with Crippen LogP contribution < -0.4 is 5.32 Å². The van der Waals surface area contributed by atoms with Crippen LogP contribution in [0.15, 0.2) is 70.5 Å². The number of nitro groups is 1. The van der Waals surface area contributed by atoms with Crippen molar-refractivity contribution in [2.75, 3.05) is 5.32 Å². The summed E-state index contributed by atoms with van der Waals surface area (Å²) in [5, 5.41) is 23.5. The number of hydrogen-bond donors (Lipinski definition) is 1. The lowest BCUT2D eigenvalue weighted by molar-refractivity contribution is -0.387. The van der Waals surface area contributed by atoms with Gasteiger partial charge in [0.05, 0.1) is 21.1 Å². The third-order valence-corrected chi connectivity index (χ3v) is 5.46. The number of carbonyl (C=O) groups is 1. The molecule has 0 aliphatic carbocycles. The van der Waals surface area contributed by atoms with Crippen molar-refractivity contribution in [3.63, 3.8) is 0 Å². The van der Waals surface area contributed by atoms with Crippen molar-refractivity contribution in [3.05, 3.63) is 81.7 Å². The van der Waals surface area contributed by atoms with Crippen LogP contribution in [-0.2, 0) is 18.0 Å². The number of nitrogens with one attached hydrogen (secondary N) is 1. The zero-order valence-electron chi connectivity index (χ0n) is 16.8. The molecule has 0 unspecified atom stereocenters. The van der Waals surface area contributed by atoms with Gasteiger partial charge in [-0.2, -0.15) is 18.4 Å². The second kappa shape index (κ2) is 9.58. The van der Waals surface area contributed by atoms with E-state index in [4.69, 9.17) is 0 Å². The number of carbonyl (C=O) groups excluding carboxylic acids is 1. The Bertz CT molecular complexity index is 1290. The van der Waals surface area contributed by atoms with Gasteiger partial charge in [0.1, 0.15) is 11.6 Å². The van der Waals surface area contributed by atoms with E-state index >= 15 is 0 Å². The Morgan fingerprint density at radius 2 is 2.03 bits per heavy atom. The number of para-hydroxylation sites is 1. The van der Waals surface area contributed by atoms with Crippen LogP contribution in [-0.4, -0.2) is 20.4 Å². The fraction of sp³-hybridized carbons (Fsp3) is 0.0952. The highest BCUT2D eigenvalue weighted by Gasteiger charge is 2.33. The maximum absolute atomic E-state index is 13.1. The van der Waals surface area contributed by atoms with Crippen molar-refractivity contribution in [2.45, 2.75) is 16.2 Å². The molecular formula is C21H14F3N5O3S. The molecule has 0 spiro atoms. The van der Waals surface area contributed by atoms with Crippen LogP contribution >= 0.6 is 11.8 Å². The number of nitrogens with zero attached hydrogens (tertiary/aromatic N) is 4. The zero-order chi connectivity index (χ0) is 24.2. The zero-order valence-corrected chi connectivity index (χ0v) is 17.6. The molecule has 0 fully saturated rings. The molecule has 1 amide bonds. The number of aryl methyl sites for hydroxylation is 1. The standard InChI is InChI=1S/C21H14F3N5O3S/c1-28-9-8-26-20(28)33-18-7-6-13(11-17(18)29(31)32)10-14(12-25)19(30)27-16-5-3-2-4-15(16)21(22,23)24/h2-11H,1H3,(H,27,30). The molecule has 1 aromatic heterocycles. The Morgan fingerprint density at radius 1 is 1.30 bits per heavy atom. The first-order valence-corrected chi connectivity index (χ1v) is 9.95. The summed E-state index contributed by atoms with van der Waals surface area (Å²) in [4.78, 5) is 27.8. The number of hydrogen-bond acceptors (Lipinski definition) is 6. The number of benzene rings is 2. The highest BCUT2D eigenvalue weighted by atomic mass is 32.2. The molecule has 1 N–H and O–H groups in total. The summed E-state index contributed by atoms with van der Waals surface area (Å²) >= 11 is 1.06. The van der Waals surface area contributed by atoms with Crippen LogP contribution in [0.4, 0.5) is 24.5 Å². The van der Waals surface area contributed by atoms with Crippen LogP contribution in [0, 0.1) is 21.4 Å². The van der Waals surface area contributed by atoms with Crippen LogP contribution in [0.3, 0.4) is 0 Å². The Hall–Kier alpha value is -4.11. The fourth-order valence-corrected chi connectivity index (χ4v) is 3.64. The topological polar surface area (TPSA) is 114 Å². The molecule has 1 heterocycles. The Morgan fingerprint density at radius 3 is 2.64 bits per heavy atom. The lowest BCUT2D eigenvalue weighted by Gasteiger charge is -2.13. The minimum absolute atomic E-state index is 0.154. The summed E-state index contributed by atoms with van der Waals surface area (Å²) in [6, 6.07) is 10.0. The molecule has 0 atom stereocenters. The minimum atomic E-state index is -4.71. The van der Waals surface area contributed by atoms with Gasteiger partial charge in [-0.15, -0.1) is 0 Å². The molecule has 8 nitrogen and oxygen atoms in total. The fourth-order valence-electron chi connectivity index (χ4n) is 2.75. The van der Waals surface area contributed by atoms with Gasteiger partial charge in [-0.25, -0.2) is 4.98 Å². The number of halogens is 3. The van der Waals surface area contributed by atoms with Crippen molar-refractivity contribution >= 4 is 35.1 Å². The van der Waals surface area contributed by atoms with E-state index in [2.05, 4.69) is 10.3 Å². The van der Waals surface area contributed by atoms with Gasteiger partial charge in [0.2, 0.25) is 0 Å². The molecule has 3 rings (SSSR count). The number of nitriles is 1. The highest BCUT2D eigenvalue weighted by Crippen LogP contribution is 2.36. The summed E-state index contributed by atoms with van der Waals surface area (Å²) in [6.45, 7) is 0. The second-order valence-corrected chi connectivity index (χ2v) is 7.58. The van der Waals surface area contributed by atoms with E-state index in [1.807, 2.05) is 0 Å². The Labute approximate surface area is 189 Å². The quantitative estimate of drug-likeness (QED) is 0.232. The molecule has 0 aliphatic heterocycles. The molecular weight excluding hydrogens is 459 g/mol. The Balaban J connectivity index is 1.90. The lowest BCUT2D eigenvalue weighted by atomic mass is 10.1. The molecule has 3 aromatic rings. The molecule has 33 heavy (non-hydrogen) atoms. The second-order valence-electron chi connectivity index (χ2n) is 6.57. The molecule has 168 valence electrons. The van der Waals surface area contributed by atoms with Crippen molar-refractivity contribution in [3.8, 4) is 6.07 Å². The maximum Gasteiger partial charge on any atom is 0.418 e. The van der Waals surface area contributed by atoms with Crippen molar-refractivity contribution in [1.82, 2.24) is 9.55 Å². The summed E-state index contributed by atoms with van der Waals surface area (Å²) < 4.78 is 41.1. The molecule has 0 saturated heterocycles. The molecule has 2 aromatic carbocycles. The number of rotatable bonds is 6. The number of amides is 1. The minimum Gasteiger partial charge on any atom is -0.329 e. The van der Waals surface area contributed by atoms with Crippen LogP contribution in [0.1, 0.15) is 11.1 Å². The number of anilines is 1. The van der Waals surface area contributed by atoms with Crippen molar-refractivity contribution < 1.29 is 22.9 Å². The first kappa shape index (κ1) is 23.6. The summed E-state index contributed by atoms with van der Waals surface area (Å²) in [7, 11) is 1.73. The monoisotopic (exact) mass is 473 g/mol. The van der Waals surface area contributed by atoms with E-state index < -0.39 is 33.8 Å². The lowest BCUT2D eigenvalue weighted by Crippen LogP contribution is -2.17. The van der Waals surface area contributed by atoms with E-state index in [0.717, 1.165) is 30.0 Å². The molecule has 0 saturated carbocycles. The predicted octanol–water partition coefficient (Wildman–Crippen LogP) is 5.04. The normalized spacial score (nSPS) is 11.7. The van der Waals surface area contributed by atoms with Crippen molar-refractivity contribution in [2.24, 2.45) is 7.05 Å². The van der Waals surface area contributed by atoms with E-state index in [9.17, 15) is 33.3 Å². The average molecular weight is 473 g/mol. The molecule has 0 radical (unpaired) electrons. The predicted molar refractivity (Wildman–Crippen MR) is 114 cm³/mol. The number of nitro benzene ring substituents is 1. The van der Waals surface area contributed by atoms with Crippen LogP contribution in [0.2, 0.25) is 0 Å². The highest BCUT2D eigenvalue weighted by molar-refractivity contribution is 7.99. The van der Waals surface area contributed by atoms with Gasteiger partial charge in [0, 0.05) is 25.5 Å². The molecule has 12 heteroatoms. The number of aromatic nitrogens is 2. The maximum atomic E-state index is 13.1. The smallest absolute Gasteiger partial charge is 0.329 e. The van der Waals surface area contributed by atoms with E-state index in [1.165, 1.54) is 30.3 Å². The van der Waals surface area contributed by atoms with E-state index in [-0.39, 0.29) is 16.1 Å². The van der Waals surface area contributed by atoms with Crippen molar-refractivity contribution in [1.29, 1.82) is 5.26 Å². The number of alkyl halides is 3. The SMILES string of the molecule is Cn1ccnc1Sc1ccc(C=C(C#N)C(=O)Nc2ccccc2C(F)(F)F)cc1[N+](=O)[O-]. The van der Waals surface area contributed by atoms with Gasteiger partial charge >= 0.3 is 6.18 Å². The van der Waals surface area contributed by atoms with Gasteiger partial charge < -0.3 is 9.88 Å². The van der Waals surface area contributed by atoms with Gasteiger partial charge in [-0.3, -0.25) is 14.9 Å². The number of imidazole rings is 1. The summed E-state index contributed by atoms with van der Waals surface area (Å²) in [6.07, 6.45) is -0.421. The molecule has 0 bridgehead atoms. The Kier molecular flexibility index (Phi) is 6.83. The third-order valence-electron chi connectivity index (χ3n) is 4.31. The first-order valence-electron chi connectivity index (χ1n) is 9.13. The van der Waals surface area contributed by atoms with Gasteiger partial charge in [0.15, 0.2) is 5.16 Å². The summed E-state index contributed by atoms with van der Waals surface area (Å²) in [5.41, 5.74) is -2.23. The largest absolute Gasteiger partial charge is 0.418 e. The van der Waals surface area contributed by atoms with Gasteiger partial charge in [0.25, 0.3) is 11.6 Å². The van der Waals surface area contributed by atoms with Crippen LogP contribution in [0.5, 0.6) is 0 Å². The average Bonchev–Trinajstić information content (AvgIpc) is 3.16. The van der Waals surface area contributed by atoms with Crippen LogP contribution in [0.25, 0.3) is 6.08 Å². The third kappa shape index (κ3) is 5.58.